The van der Waals surface area contributed by atoms with Gasteiger partial charge in [0, 0.05) is 5.54 Å². The zero-order valence-corrected chi connectivity index (χ0v) is 18.2. The van der Waals surface area contributed by atoms with Crippen molar-refractivity contribution in [3.63, 3.8) is 0 Å². The number of carbonyl (C=O) groups is 3. The van der Waals surface area contributed by atoms with E-state index < -0.39 is 11.6 Å². The molecular weight excluding hydrogens is 372 g/mol. The van der Waals surface area contributed by atoms with Crippen LogP contribution in [0.1, 0.15) is 39.7 Å². The Morgan fingerprint density at radius 3 is 2.41 bits per heavy atom. The van der Waals surface area contributed by atoms with Crippen LogP contribution in [0, 0.1) is 0 Å². The van der Waals surface area contributed by atoms with Crippen LogP contribution in [0.5, 0.6) is 5.75 Å². The summed E-state index contributed by atoms with van der Waals surface area (Å²) in [5.41, 5.74) is -0.211. The van der Waals surface area contributed by atoms with Crippen LogP contribution in [0.3, 0.4) is 0 Å². The van der Waals surface area contributed by atoms with Gasteiger partial charge in [0.2, 0.25) is 0 Å². The summed E-state index contributed by atoms with van der Waals surface area (Å²) in [5.74, 6) is 0.397. The summed E-state index contributed by atoms with van der Waals surface area (Å²) in [7, 11) is 3.40. The molecule has 1 aliphatic rings. The lowest BCUT2D eigenvalue weighted by molar-refractivity contribution is -0.879. The average molecular weight is 406 g/mol. The number of hydrogen-bond donors (Lipinski definition) is 3. The standard InChI is InChI=1S/C21H32N4O4/c1-20(2,3)22-17(26)13-24(5)14-25-18(27)21(4,23-19(25)28)12-11-15-7-9-16(29-6)10-8-15/h7-10H,11-14H2,1-6H3,(H,22,26)(H,23,28)/p+1/t21-/m0/s1. The number of rotatable bonds is 8. The maximum Gasteiger partial charge on any atom is 0.329 e. The third-order valence-electron chi connectivity index (χ3n) is 4.82. The molecule has 2 atom stereocenters. The molecule has 4 amide bonds. The van der Waals surface area contributed by atoms with Crippen LogP contribution in [-0.4, -0.2) is 61.2 Å². The fourth-order valence-electron chi connectivity index (χ4n) is 3.31. The molecule has 160 valence electrons. The summed E-state index contributed by atoms with van der Waals surface area (Å²) in [5, 5.41) is 5.71. The Labute approximate surface area is 172 Å². The smallest absolute Gasteiger partial charge is 0.329 e. The topological polar surface area (TPSA) is 92.2 Å². The van der Waals surface area contributed by atoms with Gasteiger partial charge in [-0.1, -0.05) is 12.1 Å². The van der Waals surface area contributed by atoms with Crippen molar-refractivity contribution in [3.05, 3.63) is 29.8 Å². The van der Waals surface area contributed by atoms with Gasteiger partial charge in [0.15, 0.2) is 13.2 Å². The Kier molecular flexibility index (Phi) is 6.89. The molecule has 8 nitrogen and oxygen atoms in total. The molecule has 3 N–H and O–H groups in total. The fraction of sp³-hybridized carbons (Fsp3) is 0.571. The summed E-state index contributed by atoms with van der Waals surface area (Å²) in [6.45, 7) is 7.79. The summed E-state index contributed by atoms with van der Waals surface area (Å²) in [4.78, 5) is 39.4. The molecule has 0 saturated carbocycles. The van der Waals surface area contributed by atoms with Crippen LogP contribution >= 0.6 is 0 Å². The molecule has 2 rings (SSSR count). The van der Waals surface area contributed by atoms with Crippen LogP contribution < -0.4 is 20.3 Å². The zero-order chi connectivity index (χ0) is 21.8. The van der Waals surface area contributed by atoms with E-state index in [4.69, 9.17) is 4.74 Å². The number of ether oxygens (including phenoxy) is 1. The van der Waals surface area contributed by atoms with Crippen LogP contribution in [0.4, 0.5) is 4.79 Å². The van der Waals surface area contributed by atoms with Gasteiger partial charge in [0.1, 0.15) is 11.3 Å². The number of methoxy groups -OCH3 is 1. The second-order valence-electron chi connectivity index (χ2n) is 8.93. The number of nitrogens with one attached hydrogen (secondary N) is 3. The number of quaternary nitrogens is 1. The number of imide groups is 1. The Morgan fingerprint density at radius 2 is 1.86 bits per heavy atom. The van der Waals surface area contributed by atoms with Crippen molar-refractivity contribution < 1.29 is 24.0 Å². The summed E-state index contributed by atoms with van der Waals surface area (Å²) >= 11 is 0. The van der Waals surface area contributed by atoms with E-state index in [9.17, 15) is 14.4 Å². The van der Waals surface area contributed by atoms with E-state index in [-0.39, 0.29) is 30.6 Å². The minimum atomic E-state index is -0.953. The summed E-state index contributed by atoms with van der Waals surface area (Å²) < 4.78 is 5.15. The Morgan fingerprint density at radius 1 is 1.24 bits per heavy atom. The van der Waals surface area contributed by atoms with E-state index in [1.54, 1.807) is 21.1 Å². The van der Waals surface area contributed by atoms with Crippen molar-refractivity contribution in [1.82, 2.24) is 15.5 Å². The lowest BCUT2D eigenvalue weighted by atomic mass is 9.93. The Balaban J connectivity index is 1.94. The molecule has 8 heteroatoms. The predicted molar refractivity (Wildman–Crippen MR) is 110 cm³/mol. The quantitative estimate of drug-likeness (QED) is 0.544. The highest BCUT2D eigenvalue weighted by atomic mass is 16.5. The van der Waals surface area contributed by atoms with Gasteiger partial charge in [0.05, 0.1) is 14.2 Å². The third-order valence-corrected chi connectivity index (χ3v) is 4.82. The summed E-state index contributed by atoms with van der Waals surface area (Å²) in [6.07, 6.45) is 1.14. The van der Waals surface area contributed by atoms with Crippen molar-refractivity contribution in [3.8, 4) is 5.75 Å². The number of urea groups is 1. The molecule has 0 aliphatic carbocycles. The average Bonchev–Trinajstić information content (AvgIpc) is 2.82. The van der Waals surface area contributed by atoms with Crippen LogP contribution in [0.15, 0.2) is 24.3 Å². The largest absolute Gasteiger partial charge is 0.497 e. The predicted octanol–water partition coefficient (Wildman–Crippen LogP) is 0.325. The number of amides is 4. The van der Waals surface area contributed by atoms with E-state index in [1.165, 1.54) is 4.90 Å². The van der Waals surface area contributed by atoms with Gasteiger partial charge in [-0.3, -0.25) is 9.59 Å². The highest BCUT2D eigenvalue weighted by Gasteiger charge is 2.48. The second kappa shape index (κ2) is 8.82. The van der Waals surface area contributed by atoms with Crippen LogP contribution in [0.2, 0.25) is 0 Å². The van der Waals surface area contributed by atoms with Gasteiger partial charge in [-0.25, -0.2) is 9.69 Å². The first-order valence-electron chi connectivity index (χ1n) is 9.83. The molecule has 1 fully saturated rings. The molecule has 1 saturated heterocycles. The minimum Gasteiger partial charge on any atom is -0.497 e. The number of carbonyl (C=O) groups excluding carboxylic acids is 3. The molecule has 0 aromatic heterocycles. The Bertz CT molecular complexity index is 757. The molecular formula is C21H33N4O4+. The van der Waals surface area contributed by atoms with Crippen LogP contribution in [-0.2, 0) is 16.0 Å². The number of aryl methyl sites for hydroxylation is 1. The lowest BCUT2D eigenvalue weighted by Crippen LogP contribution is -3.12. The number of hydrogen-bond acceptors (Lipinski definition) is 4. The molecule has 0 spiro atoms. The van der Waals surface area contributed by atoms with Crippen molar-refractivity contribution in [2.24, 2.45) is 0 Å². The highest BCUT2D eigenvalue weighted by molar-refractivity contribution is 6.06. The molecule has 0 radical (unpaired) electrons. The number of likely N-dealkylation sites (N-methyl/N-ethyl adjacent to an activating group) is 1. The molecule has 1 aromatic rings. The minimum absolute atomic E-state index is 0.121. The maximum atomic E-state index is 12.9. The van der Waals surface area contributed by atoms with E-state index in [2.05, 4.69) is 10.6 Å². The Hall–Kier alpha value is -2.61. The molecule has 1 unspecified atom stereocenters. The maximum absolute atomic E-state index is 12.9. The van der Waals surface area contributed by atoms with Gasteiger partial charge in [-0.15, -0.1) is 0 Å². The highest BCUT2D eigenvalue weighted by Crippen LogP contribution is 2.23. The van der Waals surface area contributed by atoms with Gasteiger partial charge in [-0.05, 0) is 58.2 Å². The van der Waals surface area contributed by atoms with Crippen molar-refractivity contribution in [1.29, 1.82) is 0 Å². The van der Waals surface area contributed by atoms with Gasteiger partial charge >= 0.3 is 6.03 Å². The third kappa shape index (κ3) is 6.19. The molecule has 0 bridgehead atoms. The molecule has 1 heterocycles. The second-order valence-corrected chi connectivity index (χ2v) is 8.93. The van der Waals surface area contributed by atoms with Crippen molar-refractivity contribution in [2.75, 3.05) is 27.4 Å². The summed E-state index contributed by atoms with van der Waals surface area (Å²) in [6, 6.07) is 7.24. The zero-order valence-electron chi connectivity index (χ0n) is 18.2. The van der Waals surface area contributed by atoms with Gasteiger partial charge in [0.25, 0.3) is 11.8 Å². The molecule has 1 aromatic carbocycles. The first kappa shape index (κ1) is 22.7. The van der Waals surface area contributed by atoms with E-state index in [0.29, 0.717) is 12.8 Å². The van der Waals surface area contributed by atoms with E-state index in [0.717, 1.165) is 16.2 Å². The van der Waals surface area contributed by atoms with Crippen molar-refractivity contribution >= 4 is 17.8 Å². The number of benzene rings is 1. The van der Waals surface area contributed by atoms with Crippen LogP contribution in [0.25, 0.3) is 0 Å². The lowest BCUT2D eigenvalue weighted by Gasteiger charge is -2.24. The number of nitrogens with zero attached hydrogens (tertiary/aromatic N) is 1. The molecule has 29 heavy (non-hydrogen) atoms. The first-order chi connectivity index (χ1) is 13.4. The van der Waals surface area contributed by atoms with Crippen molar-refractivity contribution in [2.45, 2.75) is 51.6 Å². The van der Waals surface area contributed by atoms with E-state index in [1.807, 2.05) is 45.0 Å². The van der Waals surface area contributed by atoms with E-state index >= 15 is 0 Å². The van der Waals surface area contributed by atoms with Gasteiger partial charge < -0.3 is 20.3 Å². The fourth-order valence-corrected chi connectivity index (χ4v) is 3.31. The normalized spacial score (nSPS) is 20.4. The SMILES string of the molecule is COc1ccc(CC[C@]2(C)NC(=O)N(C[NH+](C)CC(=O)NC(C)(C)C)C2=O)cc1. The first-order valence-corrected chi connectivity index (χ1v) is 9.83. The molecule has 1 aliphatic heterocycles. The monoisotopic (exact) mass is 405 g/mol. The van der Waals surface area contributed by atoms with Gasteiger partial charge in [-0.2, -0.15) is 0 Å².